The van der Waals surface area contributed by atoms with Gasteiger partial charge in [0.1, 0.15) is 5.75 Å². The maximum atomic E-state index is 12.1. The van der Waals surface area contributed by atoms with Crippen LogP contribution in [0.25, 0.3) is 0 Å². The molecule has 1 aliphatic heterocycles. The number of halogens is 2. The lowest BCUT2D eigenvalue weighted by molar-refractivity contribution is -0.0499. The fourth-order valence-corrected chi connectivity index (χ4v) is 2.31. The molecule has 0 spiro atoms. The number of piperidine rings is 1. The van der Waals surface area contributed by atoms with Crippen molar-refractivity contribution >= 4 is 0 Å². The van der Waals surface area contributed by atoms with Gasteiger partial charge in [-0.3, -0.25) is 0 Å². The third-order valence-corrected chi connectivity index (χ3v) is 3.11. The molecule has 1 aliphatic rings. The predicted molar refractivity (Wildman–Crippen MR) is 63.8 cm³/mol. The smallest absolute Gasteiger partial charge is 0.387 e. The Labute approximate surface area is 105 Å². The number of ether oxygens (including phenoxy) is 1. The van der Waals surface area contributed by atoms with Crippen LogP contribution in [0.3, 0.4) is 0 Å². The topological polar surface area (TPSA) is 41.5 Å². The minimum absolute atomic E-state index is 0.134. The summed E-state index contributed by atoms with van der Waals surface area (Å²) in [6.45, 7) is -1.37. The number of β-amino-alcohol motifs (C(OH)–C–C–N with tert-alkyl or cyclic N) is 1. The highest BCUT2D eigenvalue weighted by atomic mass is 19.3. The third kappa shape index (κ3) is 3.65. The van der Waals surface area contributed by atoms with Gasteiger partial charge in [0.05, 0.1) is 5.60 Å². The summed E-state index contributed by atoms with van der Waals surface area (Å²) in [6.07, 6.45) is 2.09. The van der Waals surface area contributed by atoms with E-state index < -0.39 is 12.2 Å². The Balaban J connectivity index is 2.04. The summed E-state index contributed by atoms with van der Waals surface area (Å²) in [4.78, 5) is 0. The number of rotatable bonds is 4. The lowest BCUT2D eigenvalue weighted by Gasteiger charge is -2.32. The van der Waals surface area contributed by atoms with Crippen LogP contribution in [-0.4, -0.2) is 30.4 Å². The first-order valence-corrected chi connectivity index (χ1v) is 6.04. The molecule has 18 heavy (non-hydrogen) atoms. The second kappa shape index (κ2) is 5.63. The van der Waals surface area contributed by atoms with Gasteiger partial charge < -0.3 is 15.2 Å². The molecule has 1 saturated heterocycles. The van der Waals surface area contributed by atoms with E-state index in [0.717, 1.165) is 24.9 Å². The SMILES string of the molecule is OC1(Cc2cccc(OC(F)F)c2)CCCNC1. The lowest BCUT2D eigenvalue weighted by Crippen LogP contribution is -2.47. The molecular weight excluding hydrogens is 240 g/mol. The molecule has 0 aliphatic carbocycles. The van der Waals surface area contributed by atoms with Gasteiger partial charge in [0.2, 0.25) is 0 Å². The van der Waals surface area contributed by atoms with Crippen LogP contribution in [-0.2, 0) is 6.42 Å². The number of hydrogen-bond donors (Lipinski definition) is 2. The number of aliphatic hydroxyl groups is 1. The molecule has 0 aromatic heterocycles. The van der Waals surface area contributed by atoms with Crippen LogP contribution in [0.1, 0.15) is 18.4 Å². The Bertz CT molecular complexity index is 392. The first kappa shape index (κ1) is 13.2. The summed E-state index contributed by atoms with van der Waals surface area (Å²) >= 11 is 0. The molecule has 1 heterocycles. The van der Waals surface area contributed by atoms with Crippen molar-refractivity contribution in [2.45, 2.75) is 31.5 Å². The van der Waals surface area contributed by atoms with Gasteiger partial charge in [0.15, 0.2) is 0 Å². The van der Waals surface area contributed by atoms with E-state index in [1.54, 1.807) is 12.1 Å². The van der Waals surface area contributed by atoms with E-state index in [4.69, 9.17) is 0 Å². The summed E-state index contributed by atoms with van der Waals surface area (Å²) < 4.78 is 28.6. The van der Waals surface area contributed by atoms with E-state index in [0.29, 0.717) is 13.0 Å². The highest BCUT2D eigenvalue weighted by Crippen LogP contribution is 2.24. The van der Waals surface area contributed by atoms with Crippen molar-refractivity contribution in [3.63, 3.8) is 0 Å². The maximum Gasteiger partial charge on any atom is 0.387 e. The second-order valence-electron chi connectivity index (χ2n) is 4.71. The summed E-state index contributed by atoms with van der Waals surface area (Å²) in [7, 11) is 0. The number of nitrogens with one attached hydrogen (secondary N) is 1. The fraction of sp³-hybridized carbons (Fsp3) is 0.538. The third-order valence-electron chi connectivity index (χ3n) is 3.11. The van der Waals surface area contributed by atoms with E-state index in [9.17, 15) is 13.9 Å². The Morgan fingerprint density at radius 3 is 2.94 bits per heavy atom. The van der Waals surface area contributed by atoms with Gasteiger partial charge >= 0.3 is 6.61 Å². The van der Waals surface area contributed by atoms with Crippen LogP contribution >= 0.6 is 0 Å². The molecule has 2 rings (SSSR count). The second-order valence-corrected chi connectivity index (χ2v) is 4.71. The summed E-state index contributed by atoms with van der Waals surface area (Å²) in [6, 6.07) is 6.51. The first-order valence-electron chi connectivity index (χ1n) is 6.04. The Hall–Kier alpha value is -1.20. The maximum absolute atomic E-state index is 12.1. The van der Waals surface area contributed by atoms with Crippen molar-refractivity contribution in [1.29, 1.82) is 0 Å². The van der Waals surface area contributed by atoms with Crippen LogP contribution in [0.15, 0.2) is 24.3 Å². The molecule has 1 atom stereocenters. The highest BCUT2D eigenvalue weighted by molar-refractivity contribution is 5.29. The molecule has 1 fully saturated rings. The molecule has 0 saturated carbocycles. The lowest BCUT2D eigenvalue weighted by atomic mass is 9.87. The molecule has 0 bridgehead atoms. The van der Waals surface area contributed by atoms with Crippen molar-refractivity contribution in [3.8, 4) is 5.75 Å². The highest BCUT2D eigenvalue weighted by Gasteiger charge is 2.29. The zero-order valence-electron chi connectivity index (χ0n) is 10.0. The first-order chi connectivity index (χ1) is 8.57. The quantitative estimate of drug-likeness (QED) is 0.866. The van der Waals surface area contributed by atoms with E-state index in [-0.39, 0.29) is 5.75 Å². The van der Waals surface area contributed by atoms with Crippen LogP contribution < -0.4 is 10.1 Å². The zero-order valence-corrected chi connectivity index (χ0v) is 10.0. The minimum Gasteiger partial charge on any atom is -0.435 e. The Morgan fingerprint density at radius 1 is 1.44 bits per heavy atom. The molecule has 1 aromatic rings. The fourth-order valence-electron chi connectivity index (χ4n) is 2.31. The van der Waals surface area contributed by atoms with Crippen molar-refractivity contribution in [2.75, 3.05) is 13.1 Å². The van der Waals surface area contributed by atoms with Gasteiger partial charge in [-0.2, -0.15) is 8.78 Å². The van der Waals surface area contributed by atoms with Gasteiger partial charge in [-0.1, -0.05) is 12.1 Å². The minimum atomic E-state index is -2.82. The number of benzene rings is 1. The van der Waals surface area contributed by atoms with Crippen LogP contribution in [0.5, 0.6) is 5.75 Å². The van der Waals surface area contributed by atoms with Crippen LogP contribution in [0, 0.1) is 0 Å². The van der Waals surface area contributed by atoms with Gasteiger partial charge in [0, 0.05) is 13.0 Å². The molecule has 2 N–H and O–H groups in total. The van der Waals surface area contributed by atoms with Crippen LogP contribution in [0.2, 0.25) is 0 Å². The van der Waals surface area contributed by atoms with Gasteiger partial charge in [-0.25, -0.2) is 0 Å². The standard InChI is InChI=1S/C13H17F2NO2/c14-12(15)18-11-4-1-3-10(7-11)8-13(17)5-2-6-16-9-13/h1,3-4,7,12,16-17H,2,5-6,8-9H2. The van der Waals surface area contributed by atoms with Gasteiger partial charge in [-0.15, -0.1) is 0 Å². The molecule has 5 heteroatoms. The molecular formula is C13H17F2NO2. The number of hydrogen-bond acceptors (Lipinski definition) is 3. The molecule has 1 aromatic carbocycles. The van der Waals surface area contributed by atoms with Crippen molar-refractivity contribution in [3.05, 3.63) is 29.8 Å². The zero-order chi connectivity index (χ0) is 13.0. The van der Waals surface area contributed by atoms with Crippen molar-refractivity contribution < 1.29 is 18.6 Å². The molecule has 3 nitrogen and oxygen atoms in total. The molecule has 1 unspecified atom stereocenters. The van der Waals surface area contributed by atoms with E-state index >= 15 is 0 Å². The summed E-state index contributed by atoms with van der Waals surface area (Å²) in [5, 5.41) is 13.5. The number of alkyl halides is 2. The van der Waals surface area contributed by atoms with Crippen molar-refractivity contribution in [2.24, 2.45) is 0 Å². The summed E-state index contributed by atoms with van der Waals surface area (Å²) in [5.41, 5.74) is 0.0150. The molecule has 0 amide bonds. The monoisotopic (exact) mass is 257 g/mol. The van der Waals surface area contributed by atoms with Gasteiger partial charge in [0.25, 0.3) is 0 Å². The van der Waals surface area contributed by atoms with Gasteiger partial charge in [-0.05, 0) is 37.1 Å². The average Bonchev–Trinajstić information content (AvgIpc) is 2.28. The largest absolute Gasteiger partial charge is 0.435 e. The average molecular weight is 257 g/mol. The van der Waals surface area contributed by atoms with E-state index in [1.165, 1.54) is 6.07 Å². The Kier molecular flexibility index (Phi) is 4.14. The van der Waals surface area contributed by atoms with Crippen molar-refractivity contribution in [1.82, 2.24) is 5.32 Å². The van der Waals surface area contributed by atoms with Crippen LogP contribution in [0.4, 0.5) is 8.78 Å². The summed E-state index contributed by atoms with van der Waals surface area (Å²) in [5.74, 6) is 0.134. The van der Waals surface area contributed by atoms with E-state index in [2.05, 4.69) is 10.1 Å². The van der Waals surface area contributed by atoms with E-state index in [1.807, 2.05) is 6.07 Å². The molecule has 0 radical (unpaired) electrons. The predicted octanol–water partition coefficient (Wildman–Crippen LogP) is 1.94. The normalized spacial score (nSPS) is 24.2. The Morgan fingerprint density at radius 2 is 2.28 bits per heavy atom. The molecule has 100 valence electrons.